The fourth-order valence-corrected chi connectivity index (χ4v) is 4.50. The number of thioether (sulfide) groups is 1. The molecule has 0 radical (unpaired) electrons. The Bertz CT molecular complexity index is 1180. The van der Waals surface area contributed by atoms with Crippen molar-refractivity contribution in [3.63, 3.8) is 0 Å². The maximum Gasteiger partial charge on any atom is 0.225 e. The molecule has 150 valence electrons. The molecule has 9 heteroatoms. The van der Waals surface area contributed by atoms with Gasteiger partial charge in [-0.3, -0.25) is 4.79 Å². The zero-order valence-electron chi connectivity index (χ0n) is 15.9. The number of anilines is 2. The summed E-state index contributed by atoms with van der Waals surface area (Å²) < 4.78 is 0. The lowest BCUT2D eigenvalue weighted by molar-refractivity contribution is -0.115. The number of halogens is 1. The van der Waals surface area contributed by atoms with Crippen LogP contribution < -0.4 is 11.1 Å². The van der Waals surface area contributed by atoms with E-state index in [1.54, 1.807) is 12.1 Å². The van der Waals surface area contributed by atoms with Crippen LogP contribution in [0, 0.1) is 29.6 Å². The highest BCUT2D eigenvalue weighted by Crippen LogP contribution is 2.36. The summed E-state index contributed by atoms with van der Waals surface area (Å²) >= 11 is 8.80. The van der Waals surface area contributed by atoms with Crippen molar-refractivity contribution in [1.82, 2.24) is 4.98 Å². The van der Waals surface area contributed by atoms with E-state index in [-0.39, 0.29) is 29.3 Å². The van der Waals surface area contributed by atoms with Gasteiger partial charge in [0.05, 0.1) is 5.56 Å². The molecule has 1 amide bonds. The molecular weight excluding hydrogens is 438 g/mol. The molecule has 0 spiro atoms. The van der Waals surface area contributed by atoms with Crippen LogP contribution in [0.25, 0.3) is 11.1 Å². The average molecular weight is 454 g/mol. The largest absolute Gasteiger partial charge is 0.383 e. The van der Waals surface area contributed by atoms with Crippen molar-refractivity contribution in [1.29, 1.82) is 10.5 Å². The first-order valence-electron chi connectivity index (χ1n) is 8.79. The van der Waals surface area contributed by atoms with Crippen molar-refractivity contribution in [2.75, 3.05) is 16.8 Å². The lowest BCUT2D eigenvalue weighted by atomic mass is 9.99. The average Bonchev–Trinajstić information content (AvgIpc) is 3.24. The highest BCUT2D eigenvalue weighted by atomic mass is 35.5. The summed E-state index contributed by atoms with van der Waals surface area (Å²) in [6.45, 7) is 1.89. The number of carbonyl (C=O) groups excluding carboxylic acids is 1. The molecule has 0 aliphatic rings. The molecule has 0 aliphatic heterocycles. The van der Waals surface area contributed by atoms with Crippen molar-refractivity contribution in [2.45, 2.75) is 18.4 Å². The second-order valence-electron chi connectivity index (χ2n) is 6.27. The number of nitrogen functional groups attached to an aromatic ring is 1. The molecule has 30 heavy (non-hydrogen) atoms. The predicted octanol–water partition coefficient (Wildman–Crippen LogP) is 5.22. The van der Waals surface area contributed by atoms with Gasteiger partial charge >= 0.3 is 0 Å². The number of benzene rings is 1. The van der Waals surface area contributed by atoms with E-state index in [4.69, 9.17) is 17.3 Å². The molecule has 0 saturated heterocycles. The minimum Gasteiger partial charge on any atom is -0.383 e. The SMILES string of the molecule is Cc1ccc(NC(=O)CCSc2nc(N)c(C#N)c(-c3ccsc3)c2C#N)cc1Cl. The van der Waals surface area contributed by atoms with Crippen molar-refractivity contribution >= 4 is 52.1 Å². The van der Waals surface area contributed by atoms with Gasteiger partial charge in [0.1, 0.15) is 28.5 Å². The smallest absolute Gasteiger partial charge is 0.225 e. The number of hydrogen-bond donors (Lipinski definition) is 2. The summed E-state index contributed by atoms with van der Waals surface area (Å²) in [7, 11) is 0. The van der Waals surface area contributed by atoms with Gasteiger partial charge in [0.25, 0.3) is 0 Å². The number of aromatic nitrogens is 1. The van der Waals surface area contributed by atoms with Gasteiger partial charge in [0.2, 0.25) is 5.91 Å². The van der Waals surface area contributed by atoms with Crippen molar-refractivity contribution < 1.29 is 4.79 Å². The first-order valence-corrected chi connectivity index (χ1v) is 11.1. The zero-order valence-corrected chi connectivity index (χ0v) is 18.3. The number of amides is 1. The fourth-order valence-electron chi connectivity index (χ4n) is 2.73. The van der Waals surface area contributed by atoms with Crippen LogP contribution in [0.2, 0.25) is 5.02 Å². The van der Waals surface area contributed by atoms with Crippen LogP contribution in [-0.2, 0) is 4.79 Å². The maximum atomic E-state index is 12.3. The number of thiophene rings is 1. The lowest BCUT2D eigenvalue weighted by Crippen LogP contribution is -2.12. The minimum atomic E-state index is -0.180. The molecule has 2 aromatic heterocycles. The molecule has 0 atom stereocenters. The molecular formula is C21H16ClN5OS2. The normalized spacial score (nSPS) is 10.3. The third-order valence-electron chi connectivity index (χ3n) is 4.25. The number of aryl methyl sites for hydroxylation is 1. The number of pyridine rings is 1. The van der Waals surface area contributed by atoms with Crippen LogP contribution >= 0.6 is 34.7 Å². The minimum absolute atomic E-state index is 0.0685. The molecule has 6 nitrogen and oxygen atoms in total. The third-order valence-corrected chi connectivity index (χ3v) is 6.32. The summed E-state index contributed by atoms with van der Waals surface area (Å²) in [4.78, 5) is 16.5. The monoisotopic (exact) mass is 453 g/mol. The second kappa shape index (κ2) is 9.64. The van der Waals surface area contributed by atoms with Gasteiger partial charge in [-0.1, -0.05) is 17.7 Å². The third kappa shape index (κ3) is 4.74. The fraction of sp³-hybridized carbons (Fsp3) is 0.143. The van der Waals surface area contributed by atoms with Crippen LogP contribution in [0.3, 0.4) is 0 Å². The number of carbonyl (C=O) groups is 1. The van der Waals surface area contributed by atoms with Crippen LogP contribution in [-0.4, -0.2) is 16.6 Å². The number of nitriles is 2. The van der Waals surface area contributed by atoms with Gasteiger partial charge in [-0.25, -0.2) is 4.98 Å². The van der Waals surface area contributed by atoms with E-state index in [1.165, 1.54) is 23.1 Å². The molecule has 0 fully saturated rings. The standard InChI is InChI=1S/C21H16ClN5OS2/c1-12-2-3-14(8-17(12)22)26-18(28)5-7-30-21-16(10-24)19(13-4-6-29-11-13)15(9-23)20(25)27-21/h2-4,6,8,11H,5,7H2,1H3,(H2,25,27)(H,26,28). The summed E-state index contributed by atoms with van der Waals surface area (Å²) in [5.41, 5.74) is 9.23. The number of nitrogens with two attached hydrogens (primary N) is 1. The number of nitrogens with one attached hydrogen (secondary N) is 1. The Hall–Kier alpha value is -3.04. The molecule has 0 aliphatic carbocycles. The Morgan fingerprint density at radius 3 is 2.70 bits per heavy atom. The van der Waals surface area contributed by atoms with Crippen LogP contribution in [0.1, 0.15) is 23.1 Å². The van der Waals surface area contributed by atoms with Gasteiger partial charge in [-0.2, -0.15) is 21.9 Å². The number of rotatable bonds is 6. The quantitative estimate of drug-likeness (QED) is 0.494. The Morgan fingerprint density at radius 2 is 2.07 bits per heavy atom. The van der Waals surface area contributed by atoms with E-state index in [0.717, 1.165) is 11.1 Å². The van der Waals surface area contributed by atoms with E-state index < -0.39 is 0 Å². The van der Waals surface area contributed by atoms with Crippen LogP contribution in [0.15, 0.2) is 40.1 Å². The van der Waals surface area contributed by atoms with Crippen LogP contribution in [0.4, 0.5) is 11.5 Å². The first kappa shape index (κ1) is 21.7. The lowest BCUT2D eigenvalue weighted by Gasteiger charge is -2.12. The van der Waals surface area contributed by atoms with Gasteiger partial charge in [-0.15, -0.1) is 11.8 Å². The zero-order chi connectivity index (χ0) is 21.7. The van der Waals surface area contributed by atoms with Gasteiger partial charge in [-0.05, 0) is 47.0 Å². The summed E-state index contributed by atoms with van der Waals surface area (Å²) in [5.74, 6) is 0.279. The highest BCUT2D eigenvalue weighted by Gasteiger charge is 2.20. The van der Waals surface area contributed by atoms with E-state index in [2.05, 4.69) is 16.4 Å². The molecule has 0 unspecified atom stereocenters. The molecule has 1 aromatic carbocycles. The van der Waals surface area contributed by atoms with E-state index in [0.29, 0.717) is 27.1 Å². The molecule has 0 bridgehead atoms. The Morgan fingerprint density at radius 1 is 1.30 bits per heavy atom. The van der Waals surface area contributed by atoms with Crippen molar-refractivity contribution in [3.8, 4) is 23.3 Å². The van der Waals surface area contributed by atoms with E-state index >= 15 is 0 Å². The van der Waals surface area contributed by atoms with Gasteiger partial charge in [0, 0.05) is 28.4 Å². The first-order chi connectivity index (χ1) is 14.4. The Labute approximate surface area is 187 Å². The summed E-state index contributed by atoms with van der Waals surface area (Å²) in [6, 6.07) is 11.3. The topological polar surface area (TPSA) is 116 Å². The Kier molecular flexibility index (Phi) is 6.96. The number of nitrogens with zero attached hydrogens (tertiary/aromatic N) is 3. The highest BCUT2D eigenvalue weighted by molar-refractivity contribution is 7.99. The predicted molar refractivity (Wildman–Crippen MR) is 122 cm³/mol. The second-order valence-corrected chi connectivity index (χ2v) is 8.54. The van der Waals surface area contributed by atoms with Gasteiger partial charge < -0.3 is 11.1 Å². The summed E-state index contributed by atoms with van der Waals surface area (Å²) in [5, 5.41) is 26.7. The van der Waals surface area contributed by atoms with E-state index in [9.17, 15) is 15.3 Å². The molecule has 3 rings (SSSR count). The maximum absolute atomic E-state index is 12.3. The number of hydrogen-bond acceptors (Lipinski definition) is 7. The molecule has 0 saturated carbocycles. The van der Waals surface area contributed by atoms with Gasteiger partial charge in [0.15, 0.2) is 0 Å². The van der Waals surface area contributed by atoms with Crippen molar-refractivity contribution in [3.05, 3.63) is 56.7 Å². The van der Waals surface area contributed by atoms with Crippen LogP contribution in [0.5, 0.6) is 0 Å². The molecule has 3 aromatic rings. The van der Waals surface area contributed by atoms with Crippen molar-refractivity contribution in [2.24, 2.45) is 0 Å². The molecule has 2 heterocycles. The Balaban J connectivity index is 1.75. The summed E-state index contributed by atoms with van der Waals surface area (Å²) in [6.07, 6.45) is 0.205. The van der Waals surface area contributed by atoms with E-state index in [1.807, 2.05) is 35.9 Å². The molecule has 3 N–H and O–H groups in total.